The van der Waals surface area contributed by atoms with Crippen molar-refractivity contribution in [3.05, 3.63) is 35.9 Å². The minimum Gasteiger partial charge on any atom is -0.354 e. The lowest BCUT2D eigenvalue weighted by molar-refractivity contribution is -0.147. The summed E-state index contributed by atoms with van der Waals surface area (Å²) in [6.45, 7) is 2.77. The number of nitrogens with zero attached hydrogens (tertiary/aromatic N) is 1. The number of hydrogen-bond acceptors (Lipinski definition) is 4. The second kappa shape index (κ2) is 8.52. The van der Waals surface area contributed by atoms with Crippen LogP contribution in [0, 0.1) is 11.8 Å². The van der Waals surface area contributed by atoms with Crippen molar-refractivity contribution in [1.29, 1.82) is 0 Å². The molecule has 146 valence electrons. The summed E-state index contributed by atoms with van der Waals surface area (Å²) < 4.78 is 0. The second-order valence-corrected chi connectivity index (χ2v) is 7.58. The molecule has 7 heteroatoms. The molecule has 1 aromatic carbocycles. The topological polar surface area (TPSA) is 98.7 Å². The predicted octanol–water partition coefficient (Wildman–Crippen LogP) is 1.43. The van der Waals surface area contributed by atoms with Gasteiger partial charge in [-0.2, -0.15) is 0 Å². The lowest BCUT2D eigenvalue weighted by Crippen LogP contribution is -2.49. The summed E-state index contributed by atoms with van der Waals surface area (Å²) in [7, 11) is 0. The van der Waals surface area contributed by atoms with E-state index in [-0.39, 0.29) is 17.9 Å². The van der Waals surface area contributed by atoms with Crippen molar-refractivity contribution < 1.29 is 19.6 Å². The number of benzene rings is 1. The molecule has 1 aliphatic carbocycles. The fraction of sp³-hybridized carbons (Fsp3) is 0.550. The zero-order valence-corrected chi connectivity index (χ0v) is 15.6. The summed E-state index contributed by atoms with van der Waals surface area (Å²) in [6, 6.07) is 10.0. The van der Waals surface area contributed by atoms with Crippen molar-refractivity contribution in [2.75, 3.05) is 13.1 Å². The van der Waals surface area contributed by atoms with E-state index in [9.17, 15) is 14.4 Å². The molecule has 27 heavy (non-hydrogen) atoms. The van der Waals surface area contributed by atoms with Crippen LogP contribution in [0.1, 0.15) is 44.1 Å². The highest BCUT2D eigenvalue weighted by molar-refractivity contribution is 5.88. The molecule has 0 aromatic heterocycles. The van der Waals surface area contributed by atoms with Crippen LogP contribution in [0.5, 0.6) is 0 Å². The van der Waals surface area contributed by atoms with Crippen LogP contribution in [0.15, 0.2) is 30.3 Å². The number of carbonyl (C=O) groups excluding carboxylic acids is 3. The van der Waals surface area contributed by atoms with Gasteiger partial charge in [-0.1, -0.05) is 30.3 Å². The van der Waals surface area contributed by atoms with Crippen LogP contribution < -0.4 is 10.8 Å². The Labute approximate surface area is 159 Å². The standard InChI is InChI=1S/C20H27N3O4/c1-13(24)21-16-7-8-17(18(11-16)19(25)22-27)20(26)23-10-9-15(12-23)14-5-3-2-4-6-14/h2-6,15-18,27H,7-12H2,1H3,(H,21,24)(H,22,25)/t15-,16+,17-,18-/m0/s1. The van der Waals surface area contributed by atoms with E-state index in [0.717, 1.165) is 6.42 Å². The monoisotopic (exact) mass is 373 g/mol. The van der Waals surface area contributed by atoms with Gasteiger partial charge in [0.2, 0.25) is 17.7 Å². The average Bonchev–Trinajstić information content (AvgIpc) is 3.17. The smallest absolute Gasteiger partial charge is 0.247 e. The quantitative estimate of drug-likeness (QED) is 0.549. The van der Waals surface area contributed by atoms with Gasteiger partial charge in [-0.15, -0.1) is 0 Å². The lowest BCUT2D eigenvalue weighted by Gasteiger charge is -2.36. The van der Waals surface area contributed by atoms with Gasteiger partial charge < -0.3 is 10.2 Å². The minimum atomic E-state index is -0.635. The molecule has 1 saturated heterocycles. The van der Waals surface area contributed by atoms with Crippen LogP contribution in [-0.2, 0) is 14.4 Å². The third-order valence-electron chi connectivity index (χ3n) is 5.79. The normalized spacial score (nSPS) is 27.9. The van der Waals surface area contributed by atoms with Gasteiger partial charge in [0.1, 0.15) is 0 Å². The van der Waals surface area contributed by atoms with Crippen molar-refractivity contribution in [1.82, 2.24) is 15.7 Å². The number of carbonyl (C=O) groups is 3. The molecule has 0 spiro atoms. The fourth-order valence-corrected chi connectivity index (χ4v) is 4.45. The third kappa shape index (κ3) is 4.47. The summed E-state index contributed by atoms with van der Waals surface area (Å²) >= 11 is 0. The molecule has 1 aliphatic heterocycles. The van der Waals surface area contributed by atoms with E-state index < -0.39 is 17.7 Å². The van der Waals surface area contributed by atoms with Crippen LogP contribution in [0.3, 0.4) is 0 Å². The van der Waals surface area contributed by atoms with Gasteiger partial charge in [0.25, 0.3) is 0 Å². The van der Waals surface area contributed by atoms with Crippen LogP contribution >= 0.6 is 0 Å². The molecule has 0 radical (unpaired) electrons. The summed E-state index contributed by atoms with van der Waals surface area (Å²) in [5.41, 5.74) is 2.92. The number of nitrogens with one attached hydrogen (secondary N) is 2. The molecule has 2 fully saturated rings. The predicted molar refractivity (Wildman–Crippen MR) is 98.7 cm³/mol. The number of rotatable bonds is 4. The van der Waals surface area contributed by atoms with E-state index in [4.69, 9.17) is 5.21 Å². The maximum Gasteiger partial charge on any atom is 0.247 e. The number of amides is 3. The molecule has 0 bridgehead atoms. The Hall–Kier alpha value is -2.41. The van der Waals surface area contributed by atoms with Gasteiger partial charge in [-0.05, 0) is 31.2 Å². The zero-order chi connectivity index (χ0) is 19.4. The summed E-state index contributed by atoms with van der Waals surface area (Å²) in [4.78, 5) is 38.4. The van der Waals surface area contributed by atoms with Crippen molar-refractivity contribution in [3.63, 3.8) is 0 Å². The molecule has 3 rings (SSSR count). The minimum absolute atomic E-state index is 0.0247. The van der Waals surface area contributed by atoms with E-state index in [1.807, 2.05) is 23.1 Å². The first-order chi connectivity index (χ1) is 13.0. The van der Waals surface area contributed by atoms with Crippen molar-refractivity contribution >= 4 is 17.7 Å². The Balaban J connectivity index is 1.67. The van der Waals surface area contributed by atoms with Crippen LogP contribution in [0.2, 0.25) is 0 Å². The summed E-state index contributed by atoms with van der Waals surface area (Å²) in [5, 5.41) is 11.9. The Kier molecular flexibility index (Phi) is 6.11. The lowest BCUT2D eigenvalue weighted by atomic mass is 9.75. The van der Waals surface area contributed by atoms with E-state index in [0.29, 0.717) is 38.3 Å². The molecule has 3 amide bonds. The SMILES string of the molecule is CC(=O)N[C@@H]1CC[C@H](C(=O)N2CC[C@H](c3ccccc3)C2)[C@@H](C(=O)NO)C1. The molecule has 1 heterocycles. The average molecular weight is 373 g/mol. The highest BCUT2D eigenvalue weighted by Crippen LogP contribution is 2.35. The molecule has 2 aliphatic rings. The Bertz CT molecular complexity index is 694. The summed E-state index contributed by atoms with van der Waals surface area (Å²) in [5.74, 6) is -1.51. The molecular weight excluding hydrogens is 346 g/mol. The van der Waals surface area contributed by atoms with Crippen LogP contribution in [-0.4, -0.2) is 47.0 Å². The van der Waals surface area contributed by atoms with Gasteiger partial charge in [-0.25, -0.2) is 5.48 Å². The number of hydroxylamine groups is 1. The van der Waals surface area contributed by atoms with E-state index in [2.05, 4.69) is 17.4 Å². The highest BCUT2D eigenvalue weighted by Gasteiger charge is 2.42. The molecule has 1 aromatic rings. The van der Waals surface area contributed by atoms with E-state index in [1.165, 1.54) is 12.5 Å². The maximum absolute atomic E-state index is 13.1. The highest BCUT2D eigenvalue weighted by atomic mass is 16.5. The van der Waals surface area contributed by atoms with Crippen LogP contribution in [0.25, 0.3) is 0 Å². The largest absolute Gasteiger partial charge is 0.354 e. The van der Waals surface area contributed by atoms with Gasteiger partial charge in [-0.3, -0.25) is 19.6 Å². The van der Waals surface area contributed by atoms with Gasteiger partial charge in [0, 0.05) is 37.9 Å². The molecular formula is C20H27N3O4. The molecule has 4 atom stereocenters. The Morgan fingerprint density at radius 1 is 1.07 bits per heavy atom. The first kappa shape index (κ1) is 19.4. The fourth-order valence-electron chi connectivity index (χ4n) is 4.45. The number of hydrogen-bond donors (Lipinski definition) is 3. The van der Waals surface area contributed by atoms with Crippen molar-refractivity contribution in [2.45, 2.75) is 44.6 Å². The van der Waals surface area contributed by atoms with Gasteiger partial charge in [0.15, 0.2) is 0 Å². The Morgan fingerprint density at radius 3 is 2.48 bits per heavy atom. The van der Waals surface area contributed by atoms with Gasteiger partial charge in [0.05, 0.1) is 5.92 Å². The van der Waals surface area contributed by atoms with E-state index >= 15 is 0 Å². The summed E-state index contributed by atoms with van der Waals surface area (Å²) in [6.07, 6.45) is 2.45. The molecule has 1 saturated carbocycles. The zero-order valence-electron chi connectivity index (χ0n) is 15.6. The third-order valence-corrected chi connectivity index (χ3v) is 5.79. The molecule has 0 unspecified atom stereocenters. The van der Waals surface area contributed by atoms with Crippen molar-refractivity contribution in [2.24, 2.45) is 11.8 Å². The van der Waals surface area contributed by atoms with Crippen LogP contribution in [0.4, 0.5) is 0 Å². The van der Waals surface area contributed by atoms with Gasteiger partial charge >= 0.3 is 0 Å². The second-order valence-electron chi connectivity index (χ2n) is 7.58. The number of likely N-dealkylation sites (tertiary alicyclic amines) is 1. The first-order valence-corrected chi connectivity index (χ1v) is 9.54. The van der Waals surface area contributed by atoms with Crippen molar-refractivity contribution in [3.8, 4) is 0 Å². The molecule has 7 nitrogen and oxygen atoms in total. The van der Waals surface area contributed by atoms with E-state index in [1.54, 1.807) is 5.48 Å². The first-order valence-electron chi connectivity index (χ1n) is 9.54. The maximum atomic E-state index is 13.1. The molecule has 3 N–H and O–H groups in total. The Morgan fingerprint density at radius 2 is 1.81 bits per heavy atom.